The second kappa shape index (κ2) is 8.26. The highest BCUT2D eigenvalue weighted by molar-refractivity contribution is 7.90. The van der Waals surface area contributed by atoms with Gasteiger partial charge in [-0.05, 0) is 29.8 Å². The van der Waals surface area contributed by atoms with Crippen LogP contribution < -0.4 is 4.90 Å². The second-order valence-electron chi connectivity index (χ2n) is 7.08. The lowest BCUT2D eigenvalue weighted by Crippen LogP contribution is -3.12. The van der Waals surface area contributed by atoms with Crippen molar-refractivity contribution in [2.24, 2.45) is 0 Å². The van der Waals surface area contributed by atoms with E-state index in [1.807, 2.05) is 7.05 Å². The molecule has 0 aromatic heterocycles. The van der Waals surface area contributed by atoms with Crippen molar-refractivity contribution < 1.29 is 27.4 Å². The van der Waals surface area contributed by atoms with Crippen molar-refractivity contribution in [3.05, 3.63) is 69.5 Å². The molecule has 29 heavy (non-hydrogen) atoms. The summed E-state index contributed by atoms with van der Waals surface area (Å²) in [7, 11) is -2.10. The minimum atomic E-state index is -4.12. The van der Waals surface area contributed by atoms with E-state index in [4.69, 9.17) is 0 Å². The molecular formula is C19H21FN3O5S+. The average Bonchev–Trinajstić information content (AvgIpc) is 2.67. The number of carbonyl (C=O) groups is 1. The number of nitrogens with one attached hydrogen (secondary N) is 1. The topological polar surface area (TPSA) is 102 Å². The Morgan fingerprint density at radius 3 is 2.52 bits per heavy atom. The van der Waals surface area contributed by atoms with Gasteiger partial charge in [0.05, 0.1) is 43.9 Å². The molecule has 0 aliphatic carbocycles. The summed E-state index contributed by atoms with van der Waals surface area (Å²) in [6, 6.07) is 8.43. The molecule has 1 N–H and O–H groups in total. The summed E-state index contributed by atoms with van der Waals surface area (Å²) in [5.74, 6) is -1.54. The number of nitrogens with zero attached hydrogens (tertiary/aromatic N) is 2. The SMILES string of the molecule is C[NH+]1CCN(C(=O)c2ccc(S(=O)(=O)Cc3cccc(F)c3)c([N+](=O)[O-])c2)CC1. The predicted molar refractivity (Wildman–Crippen MR) is 103 cm³/mol. The molecule has 3 rings (SSSR count). The Balaban J connectivity index is 1.91. The normalized spacial score (nSPS) is 15.3. The van der Waals surface area contributed by atoms with Crippen LogP contribution in [0.2, 0.25) is 0 Å². The van der Waals surface area contributed by atoms with E-state index < -0.39 is 36.9 Å². The van der Waals surface area contributed by atoms with E-state index >= 15 is 0 Å². The molecule has 1 amide bonds. The molecule has 8 nitrogen and oxygen atoms in total. The molecule has 1 saturated heterocycles. The van der Waals surface area contributed by atoms with Crippen molar-refractivity contribution in [1.29, 1.82) is 0 Å². The molecule has 10 heteroatoms. The first-order chi connectivity index (χ1) is 13.7. The predicted octanol–water partition coefficient (Wildman–Crippen LogP) is 0.678. The highest BCUT2D eigenvalue weighted by atomic mass is 32.2. The van der Waals surface area contributed by atoms with Gasteiger partial charge in [-0.25, -0.2) is 12.8 Å². The first-order valence-corrected chi connectivity index (χ1v) is 10.7. The number of quaternary nitrogens is 1. The zero-order valence-corrected chi connectivity index (χ0v) is 16.6. The third-order valence-corrected chi connectivity index (χ3v) is 6.62. The summed E-state index contributed by atoms with van der Waals surface area (Å²) < 4.78 is 38.8. The Morgan fingerprint density at radius 1 is 1.21 bits per heavy atom. The summed E-state index contributed by atoms with van der Waals surface area (Å²) >= 11 is 0. The van der Waals surface area contributed by atoms with Gasteiger partial charge < -0.3 is 9.80 Å². The van der Waals surface area contributed by atoms with Crippen molar-refractivity contribution in [3.8, 4) is 0 Å². The number of amides is 1. The third-order valence-electron chi connectivity index (χ3n) is 4.89. The molecule has 0 unspecified atom stereocenters. The molecule has 0 spiro atoms. The van der Waals surface area contributed by atoms with Crippen LogP contribution in [0.3, 0.4) is 0 Å². The van der Waals surface area contributed by atoms with Gasteiger partial charge in [0, 0.05) is 11.6 Å². The molecule has 1 aliphatic heterocycles. The number of likely N-dealkylation sites (N-methyl/N-ethyl adjacent to an activating group) is 1. The minimum absolute atomic E-state index is 0.0703. The van der Waals surface area contributed by atoms with Crippen LogP contribution in [-0.4, -0.2) is 57.4 Å². The number of sulfone groups is 1. The van der Waals surface area contributed by atoms with Crippen molar-refractivity contribution in [3.63, 3.8) is 0 Å². The highest BCUT2D eigenvalue weighted by Crippen LogP contribution is 2.28. The number of halogens is 1. The number of benzene rings is 2. The third kappa shape index (κ3) is 4.77. The molecule has 1 fully saturated rings. The van der Waals surface area contributed by atoms with Gasteiger partial charge in [0.15, 0.2) is 9.84 Å². The molecule has 0 atom stereocenters. The molecule has 0 saturated carbocycles. The largest absolute Gasteiger partial charge is 0.334 e. The van der Waals surface area contributed by atoms with Gasteiger partial charge in [-0.3, -0.25) is 14.9 Å². The average molecular weight is 422 g/mol. The Kier molecular flexibility index (Phi) is 5.94. The summed E-state index contributed by atoms with van der Waals surface area (Å²) in [6.45, 7) is 2.60. The Hall–Kier alpha value is -2.85. The lowest BCUT2D eigenvalue weighted by atomic mass is 10.1. The fraction of sp³-hybridized carbons (Fsp3) is 0.316. The van der Waals surface area contributed by atoms with Crippen LogP contribution in [0.5, 0.6) is 0 Å². The van der Waals surface area contributed by atoms with Crippen LogP contribution in [-0.2, 0) is 15.6 Å². The number of hydrogen-bond acceptors (Lipinski definition) is 5. The molecule has 1 aliphatic rings. The van der Waals surface area contributed by atoms with Crippen LogP contribution >= 0.6 is 0 Å². The summed E-state index contributed by atoms with van der Waals surface area (Å²) in [6.07, 6.45) is 0. The van der Waals surface area contributed by atoms with Crippen LogP contribution in [0, 0.1) is 15.9 Å². The van der Waals surface area contributed by atoms with Crippen LogP contribution in [0.4, 0.5) is 10.1 Å². The lowest BCUT2D eigenvalue weighted by Gasteiger charge is -2.30. The monoisotopic (exact) mass is 422 g/mol. The Labute approximate surface area is 167 Å². The zero-order valence-electron chi connectivity index (χ0n) is 15.8. The molecular weight excluding hydrogens is 401 g/mol. The van der Waals surface area contributed by atoms with E-state index in [1.54, 1.807) is 4.90 Å². The van der Waals surface area contributed by atoms with Gasteiger partial charge in [-0.2, -0.15) is 0 Å². The lowest BCUT2D eigenvalue weighted by molar-refractivity contribution is -0.883. The smallest absolute Gasteiger partial charge is 0.288 e. The minimum Gasteiger partial charge on any atom is -0.334 e. The maximum atomic E-state index is 13.3. The Bertz CT molecular complexity index is 1050. The van der Waals surface area contributed by atoms with Gasteiger partial charge >= 0.3 is 0 Å². The number of hydrogen-bond donors (Lipinski definition) is 1. The van der Waals surface area contributed by atoms with E-state index in [1.165, 1.54) is 29.2 Å². The van der Waals surface area contributed by atoms with Gasteiger partial charge in [0.1, 0.15) is 10.7 Å². The Morgan fingerprint density at radius 2 is 1.90 bits per heavy atom. The summed E-state index contributed by atoms with van der Waals surface area (Å²) in [5.41, 5.74) is -0.410. The van der Waals surface area contributed by atoms with Crippen LogP contribution in [0.1, 0.15) is 15.9 Å². The van der Waals surface area contributed by atoms with Crippen LogP contribution in [0.25, 0.3) is 0 Å². The molecule has 0 radical (unpaired) electrons. The zero-order chi connectivity index (χ0) is 21.2. The first-order valence-electron chi connectivity index (χ1n) is 9.03. The second-order valence-corrected chi connectivity index (χ2v) is 9.04. The number of carbonyl (C=O) groups excluding carboxylic acids is 1. The molecule has 2 aromatic rings. The van der Waals surface area contributed by atoms with E-state index in [2.05, 4.69) is 0 Å². The fourth-order valence-electron chi connectivity index (χ4n) is 3.25. The maximum Gasteiger partial charge on any atom is 0.288 e. The van der Waals surface area contributed by atoms with E-state index in [9.17, 15) is 27.7 Å². The number of nitro groups is 1. The number of piperazine rings is 1. The molecule has 0 bridgehead atoms. The van der Waals surface area contributed by atoms with Crippen molar-refractivity contribution >= 4 is 21.4 Å². The standard InChI is InChI=1S/C19H20FN3O5S/c1-21-7-9-22(10-8-21)19(24)15-5-6-18(17(12-15)23(25)26)29(27,28)13-14-3-2-4-16(20)11-14/h2-6,11-12H,7-10,13H2,1H3/p+1. The molecule has 154 valence electrons. The molecule has 1 heterocycles. The molecule has 2 aromatic carbocycles. The quantitative estimate of drug-likeness (QED) is 0.564. The fourth-order valence-corrected chi connectivity index (χ4v) is 4.76. The first kappa shape index (κ1) is 20.9. The van der Waals surface area contributed by atoms with Gasteiger partial charge in [-0.1, -0.05) is 12.1 Å². The maximum absolute atomic E-state index is 13.3. The van der Waals surface area contributed by atoms with E-state index in [0.29, 0.717) is 13.1 Å². The van der Waals surface area contributed by atoms with E-state index in [-0.39, 0.29) is 17.0 Å². The van der Waals surface area contributed by atoms with Crippen molar-refractivity contribution in [1.82, 2.24) is 4.90 Å². The summed E-state index contributed by atoms with van der Waals surface area (Å²) in [4.78, 5) is 25.8. The van der Waals surface area contributed by atoms with Gasteiger partial charge in [0.2, 0.25) is 0 Å². The van der Waals surface area contributed by atoms with Gasteiger partial charge in [0.25, 0.3) is 11.6 Å². The van der Waals surface area contributed by atoms with Crippen LogP contribution in [0.15, 0.2) is 47.4 Å². The van der Waals surface area contributed by atoms with Gasteiger partial charge in [-0.15, -0.1) is 0 Å². The van der Waals surface area contributed by atoms with Crippen molar-refractivity contribution in [2.45, 2.75) is 10.6 Å². The number of rotatable bonds is 5. The van der Waals surface area contributed by atoms with Crippen molar-refractivity contribution in [2.75, 3.05) is 33.2 Å². The highest BCUT2D eigenvalue weighted by Gasteiger charge is 2.29. The summed E-state index contributed by atoms with van der Waals surface area (Å²) in [5, 5.41) is 11.5. The van der Waals surface area contributed by atoms with E-state index in [0.717, 1.165) is 31.3 Å². The number of nitro benzene ring substituents is 1.